The summed E-state index contributed by atoms with van der Waals surface area (Å²) in [7, 11) is 0. The highest BCUT2D eigenvalue weighted by Gasteiger charge is 2.10. The van der Waals surface area contributed by atoms with Gasteiger partial charge in [-0.1, -0.05) is 12.1 Å². The maximum Gasteiger partial charge on any atom is 0.255 e. The van der Waals surface area contributed by atoms with Gasteiger partial charge < -0.3 is 5.32 Å². The Hall–Kier alpha value is -3.02. The summed E-state index contributed by atoms with van der Waals surface area (Å²) in [5.74, 6) is -1.80. The van der Waals surface area contributed by atoms with Gasteiger partial charge in [-0.25, -0.2) is 8.78 Å². The SMILES string of the molecule is O=C(Nc1cc(F)ccc1F)c1ccc(Cn2cccn2)cc1. The third kappa shape index (κ3) is 3.60. The number of aromatic nitrogens is 2. The molecule has 0 bridgehead atoms. The van der Waals surface area contributed by atoms with Crippen molar-refractivity contribution in [3.05, 3.63) is 83.7 Å². The molecule has 0 aliphatic carbocycles. The molecule has 1 heterocycles. The van der Waals surface area contributed by atoms with E-state index in [0.717, 1.165) is 23.8 Å². The molecule has 0 saturated carbocycles. The van der Waals surface area contributed by atoms with Crippen molar-refractivity contribution in [1.29, 1.82) is 0 Å². The standard InChI is InChI=1S/C17H13F2N3O/c18-14-6-7-15(19)16(10-14)21-17(23)13-4-2-12(3-5-13)11-22-9-1-8-20-22/h1-10H,11H2,(H,21,23). The van der Waals surface area contributed by atoms with Crippen molar-refractivity contribution in [3.63, 3.8) is 0 Å². The second-order valence-electron chi connectivity index (χ2n) is 4.98. The van der Waals surface area contributed by atoms with Crippen LogP contribution in [0.4, 0.5) is 14.5 Å². The van der Waals surface area contributed by atoms with Gasteiger partial charge in [0.25, 0.3) is 5.91 Å². The number of benzene rings is 2. The number of hydrogen-bond acceptors (Lipinski definition) is 2. The first-order valence-electron chi connectivity index (χ1n) is 6.94. The molecule has 0 atom stereocenters. The summed E-state index contributed by atoms with van der Waals surface area (Å²) in [5.41, 5.74) is 1.15. The Kier molecular flexibility index (Phi) is 4.14. The minimum Gasteiger partial charge on any atom is -0.319 e. The monoisotopic (exact) mass is 313 g/mol. The van der Waals surface area contributed by atoms with E-state index in [1.165, 1.54) is 0 Å². The summed E-state index contributed by atoms with van der Waals surface area (Å²) < 4.78 is 28.4. The molecular weight excluding hydrogens is 300 g/mol. The lowest BCUT2D eigenvalue weighted by Gasteiger charge is -2.07. The molecule has 1 amide bonds. The molecule has 3 rings (SSSR count). The van der Waals surface area contributed by atoms with Gasteiger partial charge in [0, 0.05) is 24.0 Å². The number of nitrogens with zero attached hydrogens (tertiary/aromatic N) is 2. The Morgan fingerprint density at radius 2 is 1.91 bits per heavy atom. The van der Waals surface area contributed by atoms with E-state index in [1.54, 1.807) is 35.1 Å². The van der Waals surface area contributed by atoms with Gasteiger partial charge in [-0.2, -0.15) is 5.10 Å². The van der Waals surface area contributed by atoms with E-state index in [0.29, 0.717) is 12.1 Å². The van der Waals surface area contributed by atoms with Gasteiger partial charge in [0.15, 0.2) is 0 Å². The lowest BCUT2D eigenvalue weighted by molar-refractivity contribution is 0.102. The van der Waals surface area contributed by atoms with E-state index >= 15 is 0 Å². The van der Waals surface area contributed by atoms with Crippen LogP contribution in [0.3, 0.4) is 0 Å². The minimum atomic E-state index is -0.685. The van der Waals surface area contributed by atoms with Crippen LogP contribution < -0.4 is 5.32 Å². The van der Waals surface area contributed by atoms with Gasteiger partial charge in [-0.05, 0) is 35.9 Å². The maximum atomic E-state index is 13.5. The molecule has 1 aromatic heterocycles. The van der Waals surface area contributed by atoms with E-state index in [-0.39, 0.29) is 5.69 Å². The number of anilines is 1. The van der Waals surface area contributed by atoms with E-state index in [4.69, 9.17) is 0 Å². The van der Waals surface area contributed by atoms with Crippen molar-refractivity contribution in [2.75, 3.05) is 5.32 Å². The molecule has 0 radical (unpaired) electrons. The highest BCUT2D eigenvalue weighted by molar-refractivity contribution is 6.04. The van der Waals surface area contributed by atoms with Crippen LogP contribution in [0.2, 0.25) is 0 Å². The topological polar surface area (TPSA) is 46.9 Å². The summed E-state index contributed by atoms with van der Waals surface area (Å²) in [5, 5.41) is 6.46. The van der Waals surface area contributed by atoms with Gasteiger partial charge >= 0.3 is 0 Å². The third-order valence-corrected chi connectivity index (χ3v) is 3.30. The molecule has 0 saturated heterocycles. The van der Waals surface area contributed by atoms with Crippen molar-refractivity contribution in [2.24, 2.45) is 0 Å². The number of hydrogen-bond donors (Lipinski definition) is 1. The van der Waals surface area contributed by atoms with Crippen LogP contribution in [0.1, 0.15) is 15.9 Å². The van der Waals surface area contributed by atoms with Crippen LogP contribution in [0.15, 0.2) is 60.9 Å². The molecule has 0 aliphatic rings. The van der Waals surface area contributed by atoms with Gasteiger partial charge in [-0.15, -0.1) is 0 Å². The molecule has 23 heavy (non-hydrogen) atoms. The Morgan fingerprint density at radius 1 is 1.13 bits per heavy atom. The molecule has 0 fully saturated rings. The normalized spacial score (nSPS) is 10.5. The van der Waals surface area contributed by atoms with E-state index < -0.39 is 17.5 Å². The zero-order chi connectivity index (χ0) is 16.2. The number of amides is 1. The molecular formula is C17H13F2N3O. The Labute approximate surface area is 131 Å². The van der Waals surface area contributed by atoms with Gasteiger partial charge in [0.2, 0.25) is 0 Å². The lowest BCUT2D eigenvalue weighted by Crippen LogP contribution is -2.13. The fourth-order valence-corrected chi connectivity index (χ4v) is 2.13. The molecule has 0 unspecified atom stereocenters. The van der Waals surface area contributed by atoms with E-state index in [2.05, 4.69) is 10.4 Å². The van der Waals surface area contributed by atoms with Crippen molar-refractivity contribution in [3.8, 4) is 0 Å². The summed E-state index contributed by atoms with van der Waals surface area (Å²) in [6.45, 7) is 0.591. The van der Waals surface area contributed by atoms with E-state index in [1.807, 2.05) is 12.3 Å². The largest absolute Gasteiger partial charge is 0.319 e. The Morgan fingerprint density at radius 3 is 2.61 bits per heavy atom. The van der Waals surface area contributed by atoms with Crippen LogP contribution in [0.5, 0.6) is 0 Å². The maximum absolute atomic E-state index is 13.5. The first kappa shape index (κ1) is 14.9. The summed E-state index contributed by atoms with van der Waals surface area (Å²) in [6.07, 6.45) is 3.53. The van der Waals surface area contributed by atoms with Gasteiger partial charge in [-0.3, -0.25) is 9.48 Å². The van der Waals surface area contributed by atoms with Crippen LogP contribution in [0.25, 0.3) is 0 Å². The van der Waals surface area contributed by atoms with Crippen LogP contribution in [-0.2, 0) is 6.54 Å². The lowest BCUT2D eigenvalue weighted by atomic mass is 10.1. The summed E-state index contributed by atoms with van der Waals surface area (Å²) >= 11 is 0. The van der Waals surface area contributed by atoms with Crippen molar-refractivity contribution >= 4 is 11.6 Å². The molecule has 6 heteroatoms. The smallest absolute Gasteiger partial charge is 0.255 e. The van der Waals surface area contributed by atoms with Crippen molar-refractivity contribution < 1.29 is 13.6 Å². The predicted molar refractivity (Wildman–Crippen MR) is 82.1 cm³/mol. The zero-order valence-corrected chi connectivity index (χ0v) is 12.0. The quantitative estimate of drug-likeness (QED) is 0.802. The second kappa shape index (κ2) is 6.39. The van der Waals surface area contributed by atoms with Gasteiger partial charge in [0.1, 0.15) is 11.6 Å². The van der Waals surface area contributed by atoms with Crippen LogP contribution in [0, 0.1) is 11.6 Å². The van der Waals surface area contributed by atoms with Crippen molar-refractivity contribution in [2.45, 2.75) is 6.54 Å². The number of rotatable bonds is 4. The molecule has 116 valence electrons. The zero-order valence-electron chi connectivity index (χ0n) is 12.0. The predicted octanol–water partition coefficient (Wildman–Crippen LogP) is 3.46. The molecule has 4 nitrogen and oxygen atoms in total. The van der Waals surface area contributed by atoms with Gasteiger partial charge in [0.05, 0.1) is 12.2 Å². The first-order chi connectivity index (χ1) is 11.1. The van der Waals surface area contributed by atoms with Crippen molar-refractivity contribution in [1.82, 2.24) is 9.78 Å². The fraction of sp³-hybridized carbons (Fsp3) is 0.0588. The highest BCUT2D eigenvalue weighted by atomic mass is 19.1. The molecule has 3 aromatic rings. The molecule has 0 aliphatic heterocycles. The van der Waals surface area contributed by atoms with E-state index in [9.17, 15) is 13.6 Å². The van der Waals surface area contributed by atoms with Crippen LogP contribution in [-0.4, -0.2) is 15.7 Å². The number of halogens is 2. The Bertz CT molecular complexity index is 814. The average molecular weight is 313 g/mol. The third-order valence-electron chi connectivity index (χ3n) is 3.30. The number of nitrogens with one attached hydrogen (secondary N) is 1. The fourth-order valence-electron chi connectivity index (χ4n) is 2.13. The second-order valence-corrected chi connectivity index (χ2v) is 4.98. The summed E-state index contributed by atoms with van der Waals surface area (Å²) in [6, 6.07) is 11.6. The highest BCUT2D eigenvalue weighted by Crippen LogP contribution is 2.16. The average Bonchev–Trinajstić information content (AvgIpc) is 3.04. The summed E-state index contributed by atoms with van der Waals surface area (Å²) in [4.78, 5) is 12.1. The molecule has 1 N–H and O–H groups in total. The number of carbonyl (C=O) groups is 1. The molecule has 0 spiro atoms. The number of carbonyl (C=O) groups excluding carboxylic acids is 1. The Balaban J connectivity index is 1.71. The van der Waals surface area contributed by atoms with Crippen LogP contribution >= 0.6 is 0 Å². The molecule has 2 aromatic carbocycles. The minimum absolute atomic E-state index is 0.185. The first-order valence-corrected chi connectivity index (χ1v) is 6.94.